The van der Waals surface area contributed by atoms with E-state index in [2.05, 4.69) is 10.3 Å². The summed E-state index contributed by atoms with van der Waals surface area (Å²) in [5.41, 5.74) is 2.51. The lowest BCUT2D eigenvalue weighted by atomic mass is 9.95. The first-order valence-electron chi connectivity index (χ1n) is 9.75. The first-order valence-corrected chi connectivity index (χ1v) is 9.75. The zero-order valence-corrected chi connectivity index (χ0v) is 16.1. The standard InChI is InChI=1S/C22H27N3O2/c1-3-25(18-12-7-9-16(2)15-18)22(27)20-14-8-13-19(24-20)21(26)23-17-10-5-4-6-11-17/h7-9,12-15,17H,3-6,10-11H2,1-2H3,(H,23,26). The summed E-state index contributed by atoms with van der Waals surface area (Å²) in [6.45, 7) is 4.46. The molecule has 27 heavy (non-hydrogen) atoms. The number of carbonyl (C=O) groups is 2. The van der Waals surface area contributed by atoms with Gasteiger partial charge in [0.2, 0.25) is 0 Å². The van der Waals surface area contributed by atoms with Crippen molar-refractivity contribution >= 4 is 17.5 Å². The maximum Gasteiger partial charge on any atom is 0.276 e. The summed E-state index contributed by atoms with van der Waals surface area (Å²) in [5.74, 6) is -0.398. The number of benzene rings is 1. The monoisotopic (exact) mass is 365 g/mol. The van der Waals surface area contributed by atoms with Crippen molar-refractivity contribution in [3.05, 3.63) is 59.4 Å². The summed E-state index contributed by atoms with van der Waals surface area (Å²) >= 11 is 0. The minimum absolute atomic E-state index is 0.199. The van der Waals surface area contributed by atoms with Crippen LogP contribution in [0.15, 0.2) is 42.5 Å². The molecule has 1 fully saturated rings. The smallest absolute Gasteiger partial charge is 0.276 e. The molecule has 0 unspecified atom stereocenters. The van der Waals surface area contributed by atoms with Gasteiger partial charge >= 0.3 is 0 Å². The number of aryl methyl sites for hydroxylation is 1. The number of hydrogen-bond donors (Lipinski definition) is 1. The summed E-state index contributed by atoms with van der Waals surface area (Å²) in [5, 5.41) is 3.06. The van der Waals surface area contributed by atoms with Crippen molar-refractivity contribution in [3.8, 4) is 0 Å². The summed E-state index contributed by atoms with van der Waals surface area (Å²) in [6.07, 6.45) is 5.57. The Morgan fingerprint density at radius 2 is 1.78 bits per heavy atom. The molecule has 5 nitrogen and oxygen atoms in total. The van der Waals surface area contributed by atoms with Gasteiger partial charge in [-0.1, -0.05) is 37.5 Å². The number of rotatable bonds is 5. The molecule has 0 saturated heterocycles. The van der Waals surface area contributed by atoms with E-state index in [1.165, 1.54) is 6.42 Å². The summed E-state index contributed by atoms with van der Waals surface area (Å²) in [4.78, 5) is 31.6. The van der Waals surface area contributed by atoms with E-state index in [0.717, 1.165) is 36.9 Å². The molecule has 1 aliphatic carbocycles. The molecule has 0 aliphatic heterocycles. The Kier molecular flexibility index (Phi) is 6.22. The van der Waals surface area contributed by atoms with Crippen LogP contribution in [-0.4, -0.2) is 29.4 Å². The molecule has 142 valence electrons. The third kappa shape index (κ3) is 4.73. The molecule has 0 bridgehead atoms. The van der Waals surface area contributed by atoms with Crippen molar-refractivity contribution in [1.82, 2.24) is 10.3 Å². The van der Waals surface area contributed by atoms with Gasteiger partial charge in [0.05, 0.1) is 0 Å². The Morgan fingerprint density at radius 3 is 2.48 bits per heavy atom. The second-order valence-corrected chi connectivity index (χ2v) is 7.10. The zero-order valence-electron chi connectivity index (χ0n) is 16.1. The molecule has 3 rings (SSSR count). The number of carbonyl (C=O) groups excluding carboxylic acids is 2. The van der Waals surface area contributed by atoms with Gasteiger partial charge in [0.15, 0.2) is 0 Å². The number of hydrogen-bond acceptors (Lipinski definition) is 3. The molecular weight excluding hydrogens is 338 g/mol. The molecule has 0 spiro atoms. The quantitative estimate of drug-likeness (QED) is 0.867. The van der Waals surface area contributed by atoms with E-state index in [1.807, 2.05) is 38.1 Å². The Labute approximate surface area is 160 Å². The fourth-order valence-electron chi connectivity index (χ4n) is 3.56. The number of aromatic nitrogens is 1. The third-order valence-electron chi connectivity index (χ3n) is 5.02. The molecular formula is C22H27N3O2. The van der Waals surface area contributed by atoms with Crippen molar-refractivity contribution in [1.29, 1.82) is 0 Å². The van der Waals surface area contributed by atoms with Crippen LogP contribution >= 0.6 is 0 Å². The number of pyridine rings is 1. The molecule has 1 aliphatic rings. The Balaban J connectivity index is 1.77. The number of anilines is 1. The van der Waals surface area contributed by atoms with Gasteiger partial charge in [0.25, 0.3) is 11.8 Å². The van der Waals surface area contributed by atoms with Gasteiger partial charge < -0.3 is 10.2 Å². The van der Waals surface area contributed by atoms with E-state index in [-0.39, 0.29) is 23.6 Å². The highest BCUT2D eigenvalue weighted by molar-refractivity contribution is 6.05. The van der Waals surface area contributed by atoms with Gasteiger partial charge in [-0.15, -0.1) is 0 Å². The largest absolute Gasteiger partial charge is 0.348 e. The molecule has 1 aromatic carbocycles. The lowest BCUT2D eigenvalue weighted by molar-refractivity contribution is 0.0922. The predicted octanol–water partition coefficient (Wildman–Crippen LogP) is 4.12. The maximum atomic E-state index is 13.0. The SMILES string of the molecule is CCN(C(=O)c1cccc(C(=O)NC2CCCCC2)n1)c1cccc(C)c1. The molecule has 0 atom stereocenters. The van der Waals surface area contributed by atoms with Crippen molar-refractivity contribution in [2.24, 2.45) is 0 Å². The highest BCUT2D eigenvalue weighted by atomic mass is 16.2. The van der Waals surface area contributed by atoms with Gasteiger partial charge in [-0.3, -0.25) is 9.59 Å². The second-order valence-electron chi connectivity index (χ2n) is 7.10. The van der Waals surface area contributed by atoms with E-state index in [9.17, 15) is 9.59 Å². The molecule has 0 radical (unpaired) electrons. The molecule has 2 aromatic rings. The summed E-state index contributed by atoms with van der Waals surface area (Å²) in [6, 6.07) is 13.1. The molecule has 1 saturated carbocycles. The van der Waals surface area contributed by atoms with Crippen molar-refractivity contribution in [2.75, 3.05) is 11.4 Å². The topological polar surface area (TPSA) is 62.3 Å². The highest BCUT2D eigenvalue weighted by Gasteiger charge is 2.21. The Bertz CT molecular complexity index is 813. The Hall–Kier alpha value is -2.69. The molecule has 1 N–H and O–H groups in total. The van der Waals surface area contributed by atoms with E-state index < -0.39 is 0 Å². The first-order chi connectivity index (χ1) is 13.1. The van der Waals surface area contributed by atoms with Crippen LogP contribution < -0.4 is 10.2 Å². The van der Waals surface area contributed by atoms with Crippen LogP contribution in [-0.2, 0) is 0 Å². The molecule has 1 aromatic heterocycles. The van der Waals surface area contributed by atoms with E-state index in [1.54, 1.807) is 23.1 Å². The van der Waals surface area contributed by atoms with Gasteiger partial charge in [-0.25, -0.2) is 4.98 Å². The fourth-order valence-corrected chi connectivity index (χ4v) is 3.56. The highest BCUT2D eigenvalue weighted by Crippen LogP contribution is 2.19. The number of amides is 2. The number of nitrogens with one attached hydrogen (secondary N) is 1. The van der Waals surface area contributed by atoms with Crippen molar-refractivity contribution in [2.45, 2.75) is 52.0 Å². The minimum atomic E-state index is -0.199. The molecule has 2 amide bonds. The summed E-state index contributed by atoms with van der Waals surface area (Å²) < 4.78 is 0. The van der Waals surface area contributed by atoms with Crippen LogP contribution in [0.5, 0.6) is 0 Å². The van der Waals surface area contributed by atoms with Crippen LogP contribution in [0.2, 0.25) is 0 Å². The van der Waals surface area contributed by atoms with Crippen molar-refractivity contribution < 1.29 is 9.59 Å². The Morgan fingerprint density at radius 1 is 1.07 bits per heavy atom. The van der Waals surface area contributed by atoms with Crippen LogP contribution in [0.25, 0.3) is 0 Å². The lowest BCUT2D eigenvalue weighted by Crippen LogP contribution is -2.37. The summed E-state index contributed by atoms with van der Waals surface area (Å²) in [7, 11) is 0. The predicted molar refractivity (Wildman–Crippen MR) is 107 cm³/mol. The first kappa shape index (κ1) is 19.1. The molecule has 1 heterocycles. The average molecular weight is 365 g/mol. The average Bonchev–Trinajstić information content (AvgIpc) is 2.69. The fraction of sp³-hybridized carbons (Fsp3) is 0.409. The van der Waals surface area contributed by atoms with Crippen LogP contribution in [0.3, 0.4) is 0 Å². The van der Waals surface area contributed by atoms with Gasteiger partial charge in [0, 0.05) is 18.3 Å². The third-order valence-corrected chi connectivity index (χ3v) is 5.02. The van der Waals surface area contributed by atoms with E-state index in [0.29, 0.717) is 12.2 Å². The minimum Gasteiger partial charge on any atom is -0.348 e. The van der Waals surface area contributed by atoms with Crippen molar-refractivity contribution in [3.63, 3.8) is 0 Å². The molecule has 5 heteroatoms. The van der Waals surface area contributed by atoms with E-state index >= 15 is 0 Å². The zero-order chi connectivity index (χ0) is 19.2. The maximum absolute atomic E-state index is 13.0. The van der Waals surface area contributed by atoms with Crippen LogP contribution in [0.1, 0.15) is 65.6 Å². The van der Waals surface area contributed by atoms with Gasteiger partial charge in [-0.05, 0) is 56.5 Å². The van der Waals surface area contributed by atoms with Crippen LogP contribution in [0, 0.1) is 6.92 Å². The second kappa shape index (κ2) is 8.80. The normalized spacial score (nSPS) is 14.6. The van der Waals surface area contributed by atoms with E-state index in [4.69, 9.17) is 0 Å². The van der Waals surface area contributed by atoms with Gasteiger partial charge in [-0.2, -0.15) is 0 Å². The lowest BCUT2D eigenvalue weighted by Gasteiger charge is -2.23. The number of nitrogens with zero attached hydrogens (tertiary/aromatic N) is 2. The van der Waals surface area contributed by atoms with Gasteiger partial charge in [0.1, 0.15) is 11.4 Å². The van der Waals surface area contributed by atoms with Crippen LogP contribution in [0.4, 0.5) is 5.69 Å².